The van der Waals surface area contributed by atoms with E-state index in [1.54, 1.807) is 10.7 Å². The van der Waals surface area contributed by atoms with E-state index in [-0.39, 0.29) is 12.3 Å². The van der Waals surface area contributed by atoms with E-state index < -0.39 is 4.92 Å². The lowest BCUT2D eigenvalue weighted by atomic mass is 10.1. The average Bonchev–Trinajstić information content (AvgIpc) is 2.87. The summed E-state index contributed by atoms with van der Waals surface area (Å²) < 4.78 is 1.60. The summed E-state index contributed by atoms with van der Waals surface area (Å²) in [7, 11) is 0. The summed E-state index contributed by atoms with van der Waals surface area (Å²) in [6.45, 7) is 3.75. The van der Waals surface area contributed by atoms with Crippen LogP contribution in [-0.4, -0.2) is 25.0 Å². The Labute approximate surface area is 122 Å². The third kappa shape index (κ3) is 3.08. The Morgan fingerprint density at radius 1 is 1.43 bits per heavy atom. The van der Waals surface area contributed by atoms with Crippen LogP contribution in [0.2, 0.25) is 0 Å². The third-order valence-electron chi connectivity index (χ3n) is 3.39. The molecule has 0 fully saturated rings. The predicted octanol–water partition coefficient (Wildman–Crippen LogP) is 2.32. The van der Waals surface area contributed by atoms with E-state index in [0.717, 1.165) is 30.5 Å². The number of unbranched alkanes of at least 4 members (excludes halogenated alkanes) is 1. The van der Waals surface area contributed by atoms with Gasteiger partial charge in [0.2, 0.25) is 0 Å². The molecule has 0 radical (unpaired) electrons. The minimum Gasteiger partial charge on any atom is -0.390 e. The van der Waals surface area contributed by atoms with Gasteiger partial charge in [-0.05, 0) is 25.3 Å². The molecule has 21 heavy (non-hydrogen) atoms. The Morgan fingerprint density at radius 3 is 2.81 bits per heavy atom. The van der Waals surface area contributed by atoms with E-state index in [1.165, 1.54) is 12.1 Å². The molecule has 0 spiro atoms. The number of hydrogen-bond acceptors (Lipinski definition) is 5. The molecule has 0 aliphatic rings. The van der Waals surface area contributed by atoms with Gasteiger partial charge in [0.25, 0.3) is 5.69 Å². The van der Waals surface area contributed by atoms with E-state index in [2.05, 4.69) is 17.2 Å². The van der Waals surface area contributed by atoms with Crippen LogP contribution in [0.15, 0.2) is 18.2 Å². The summed E-state index contributed by atoms with van der Waals surface area (Å²) >= 11 is 0. The lowest BCUT2D eigenvalue weighted by Gasteiger charge is -2.09. The number of aliphatic hydroxyl groups excluding tert-OH is 1. The quantitative estimate of drug-likeness (QED) is 0.650. The summed E-state index contributed by atoms with van der Waals surface area (Å²) in [6.07, 6.45) is 2.67. The zero-order valence-corrected chi connectivity index (χ0v) is 12.1. The van der Waals surface area contributed by atoms with Crippen molar-refractivity contribution >= 4 is 5.69 Å². The molecular formula is C14H18N4O3. The summed E-state index contributed by atoms with van der Waals surface area (Å²) in [4.78, 5) is 10.5. The normalized spacial score (nSPS) is 10.8. The zero-order chi connectivity index (χ0) is 15.4. The van der Waals surface area contributed by atoms with Gasteiger partial charge in [-0.3, -0.25) is 10.1 Å². The van der Waals surface area contributed by atoms with Gasteiger partial charge in [-0.1, -0.05) is 24.6 Å². The van der Waals surface area contributed by atoms with Crippen molar-refractivity contribution in [3.63, 3.8) is 0 Å². The van der Waals surface area contributed by atoms with Crippen LogP contribution in [0.4, 0.5) is 5.69 Å². The van der Waals surface area contributed by atoms with Gasteiger partial charge in [-0.25, -0.2) is 4.68 Å². The molecule has 1 aromatic carbocycles. The maximum Gasteiger partial charge on any atom is 0.271 e. The number of aryl methyl sites for hydroxylation is 1. The van der Waals surface area contributed by atoms with Crippen LogP contribution in [0, 0.1) is 17.0 Å². The Bertz CT molecular complexity index is 652. The molecule has 112 valence electrons. The molecule has 1 heterocycles. The van der Waals surface area contributed by atoms with E-state index >= 15 is 0 Å². The number of aliphatic hydroxyl groups is 1. The Balaban J connectivity index is 2.53. The Kier molecular flexibility index (Phi) is 4.64. The van der Waals surface area contributed by atoms with Crippen LogP contribution < -0.4 is 0 Å². The fourth-order valence-corrected chi connectivity index (χ4v) is 2.18. The molecule has 7 heteroatoms. The summed E-state index contributed by atoms with van der Waals surface area (Å²) in [5.74, 6) is 0. The van der Waals surface area contributed by atoms with Crippen LogP contribution in [-0.2, 0) is 13.0 Å². The summed E-state index contributed by atoms with van der Waals surface area (Å²) in [5, 5.41) is 28.3. The highest BCUT2D eigenvalue weighted by atomic mass is 16.6. The third-order valence-corrected chi connectivity index (χ3v) is 3.39. The molecule has 2 aromatic rings. The molecule has 0 atom stereocenters. The van der Waals surface area contributed by atoms with Gasteiger partial charge in [-0.2, -0.15) is 0 Å². The topological polar surface area (TPSA) is 94.1 Å². The van der Waals surface area contributed by atoms with E-state index in [9.17, 15) is 15.2 Å². The van der Waals surface area contributed by atoms with Gasteiger partial charge >= 0.3 is 0 Å². The van der Waals surface area contributed by atoms with Crippen molar-refractivity contribution in [1.29, 1.82) is 0 Å². The highest BCUT2D eigenvalue weighted by Gasteiger charge is 2.17. The number of hydrogen-bond donors (Lipinski definition) is 1. The van der Waals surface area contributed by atoms with Crippen molar-refractivity contribution in [2.75, 3.05) is 0 Å². The molecule has 0 amide bonds. The first kappa shape index (κ1) is 15.1. The Morgan fingerprint density at radius 2 is 2.19 bits per heavy atom. The highest BCUT2D eigenvalue weighted by molar-refractivity contribution is 5.49. The van der Waals surface area contributed by atoms with Gasteiger partial charge in [-0.15, -0.1) is 5.10 Å². The summed E-state index contributed by atoms with van der Waals surface area (Å²) in [5.41, 5.74) is 2.84. The second-order valence-electron chi connectivity index (χ2n) is 4.88. The summed E-state index contributed by atoms with van der Waals surface area (Å²) in [6, 6.07) is 4.65. The maximum absolute atomic E-state index is 10.9. The minimum absolute atomic E-state index is 0.0121. The fourth-order valence-electron chi connectivity index (χ4n) is 2.18. The maximum atomic E-state index is 10.9. The number of nitro groups is 1. The van der Waals surface area contributed by atoms with Crippen molar-refractivity contribution in [3.05, 3.63) is 45.3 Å². The largest absolute Gasteiger partial charge is 0.390 e. The molecule has 0 saturated carbocycles. The van der Waals surface area contributed by atoms with E-state index in [1.807, 2.05) is 6.92 Å². The smallest absolute Gasteiger partial charge is 0.271 e. The van der Waals surface area contributed by atoms with Crippen molar-refractivity contribution in [3.8, 4) is 5.69 Å². The lowest BCUT2D eigenvalue weighted by molar-refractivity contribution is -0.384. The van der Waals surface area contributed by atoms with Crippen LogP contribution in [0.3, 0.4) is 0 Å². The first-order chi connectivity index (χ1) is 10.1. The number of rotatable bonds is 6. The van der Waals surface area contributed by atoms with Crippen molar-refractivity contribution in [1.82, 2.24) is 15.0 Å². The molecule has 0 saturated heterocycles. The monoisotopic (exact) mass is 290 g/mol. The number of non-ortho nitro benzene ring substituents is 1. The molecule has 7 nitrogen and oxygen atoms in total. The molecule has 2 rings (SSSR count). The van der Waals surface area contributed by atoms with Gasteiger partial charge in [0, 0.05) is 12.1 Å². The molecule has 1 aromatic heterocycles. The van der Waals surface area contributed by atoms with E-state index in [4.69, 9.17) is 0 Å². The number of nitro benzene ring substituents is 1. The first-order valence-corrected chi connectivity index (χ1v) is 6.88. The Hall–Kier alpha value is -2.28. The number of aromatic nitrogens is 3. The molecule has 1 N–H and O–H groups in total. The fraction of sp³-hybridized carbons (Fsp3) is 0.429. The van der Waals surface area contributed by atoms with Crippen molar-refractivity contribution < 1.29 is 10.0 Å². The predicted molar refractivity (Wildman–Crippen MR) is 77.3 cm³/mol. The van der Waals surface area contributed by atoms with Gasteiger partial charge in [0.05, 0.1) is 22.9 Å². The van der Waals surface area contributed by atoms with Crippen LogP contribution >= 0.6 is 0 Å². The molecule has 0 bridgehead atoms. The number of benzene rings is 1. The minimum atomic E-state index is -0.432. The molecular weight excluding hydrogens is 272 g/mol. The SMILES string of the molecule is CCCCc1c(CO)nnn1-c1cc([N+](=O)[O-])ccc1C. The number of nitrogens with zero attached hydrogens (tertiary/aromatic N) is 4. The van der Waals surface area contributed by atoms with Gasteiger partial charge < -0.3 is 5.11 Å². The average molecular weight is 290 g/mol. The lowest BCUT2D eigenvalue weighted by Crippen LogP contribution is -2.06. The molecule has 0 unspecified atom stereocenters. The van der Waals surface area contributed by atoms with Crippen molar-refractivity contribution in [2.24, 2.45) is 0 Å². The standard InChI is InChI=1S/C14H18N4O3/c1-3-4-5-13-12(9-19)15-16-17(13)14-8-11(18(20)21)7-6-10(14)2/h6-8,19H,3-5,9H2,1-2H3. The van der Waals surface area contributed by atoms with Crippen LogP contribution in [0.25, 0.3) is 5.69 Å². The first-order valence-electron chi connectivity index (χ1n) is 6.88. The highest BCUT2D eigenvalue weighted by Crippen LogP contribution is 2.23. The second-order valence-corrected chi connectivity index (χ2v) is 4.88. The van der Waals surface area contributed by atoms with E-state index in [0.29, 0.717) is 11.4 Å². The van der Waals surface area contributed by atoms with Gasteiger partial charge in [0.1, 0.15) is 5.69 Å². The second kappa shape index (κ2) is 6.45. The molecule has 0 aliphatic carbocycles. The van der Waals surface area contributed by atoms with Crippen LogP contribution in [0.1, 0.15) is 36.7 Å². The van der Waals surface area contributed by atoms with Crippen LogP contribution in [0.5, 0.6) is 0 Å². The molecule has 0 aliphatic heterocycles. The zero-order valence-electron chi connectivity index (χ0n) is 12.1. The van der Waals surface area contributed by atoms with Crippen molar-refractivity contribution in [2.45, 2.75) is 39.7 Å². The van der Waals surface area contributed by atoms with Gasteiger partial charge in [0.15, 0.2) is 0 Å².